The molecule has 0 aromatic heterocycles. The molecule has 0 radical (unpaired) electrons. The first-order chi connectivity index (χ1) is 11.0. The summed E-state index contributed by atoms with van der Waals surface area (Å²) in [6.07, 6.45) is -3.82. The molecule has 122 valence electrons. The van der Waals surface area contributed by atoms with Crippen LogP contribution in [0.5, 0.6) is 0 Å². The standard InChI is InChI=1S/C17H18F3N3/c18-17(19,20)15-10-14(22-16-8-9-21-23(15)16)13-7-3-5-11-4-1-2-6-12(11)13/h1-7,14-16,21-22H,8-10H2. The van der Waals surface area contributed by atoms with Crippen LogP contribution in [0.1, 0.15) is 24.4 Å². The van der Waals surface area contributed by atoms with Gasteiger partial charge in [-0.05, 0) is 29.2 Å². The number of nitrogens with one attached hydrogen (secondary N) is 2. The van der Waals surface area contributed by atoms with Crippen molar-refractivity contribution in [2.75, 3.05) is 6.54 Å². The Hall–Kier alpha value is -1.63. The number of halogens is 3. The van der Waals surface area contributed by atoms with Crippen LogP contribution in [0, 0.1) is 0 Å². The van der Waals surface area contributed by atoms with E-state index in [4.69, 9.17) is 0 Å². The van der Waals surface area contributed by atoms with E-state index >= 15 is 0 Å². The summed E-state index contributed by atoms with van der Waals surface area (Å²) in [5.41, 5.74) is 3.82. The summed E-state index contributed by atoms with van der Waals surface area (Å²) >= 11 is 0. The maximum atomic E-state index is 13.5. The normalized spacial score (nSPS) is 28.9. The molecule has 2 fully saturated rings. The van der Waals surface area contributed by atoms with Crippen molar-refractivity contribution < 1.29 is 13.2 Å². The van der Waals surface area contributed by atoms with E-state index in [0.717, 1.165) is 16.3 Å². The molecule has 3 unspecified atom stereocenters. The molecule has 0 saturated carbocycles. The average molecular weight is 321 g/mol. The maximum absolute atomic E-state index is 13.5. The SMILES string of the molecule is FC(F)(F)C1CC(c2cccc3ccccc23)NC2CCNN21. The second-order valence-electron chi connectivity index (χ2n) is 6.20. The molecule has 2 aliphatic rings. The summed E-state index contributed by atoms with van der Waals surface area (Å²) in [5.74, 6) is 0. The third kappa shape index (κ3) is 2.60. The lowest BCUT2D eigenvalue weighted by atomic mass is 9.91. The summed E-state index contributed by atoms with van der Waals surface area (Å²) in [6, 6.07) is 11.9. The first kappa shape index (κ1) is 14.9. The predicted molar refractivity (Wildman–Crippen MR) is 82.5 cm³/mol. The Kier molecular flexibility index (Phi) is 3.55. The summed E-state index contributed by atoms with van der Waals surface area (Å²) < 4.78 is 40.4. The van der Waals surface area contributed by atoms with Crippen molar-refractivity contribution in [2.45, 2.75) is 37.3 Å². The summed E-state index contributed by atoms with van der Waals surface area (Å²) in [6.45, 7) is 0.576. The number of hydrazine groups is 1. The van der Waals surface area contributed by atoms with Crippen LogP contribution >= 0.6 is 0 Å². The van der Waals surface area contributed by atoms with Gasteiger partial charge in [0, 0.05) is 12.6 Å². The van der Waals surface area contributed by atoms with Gasteiger partial charge in [0.2, 0.25) is 0 Å². The minimum atomic E-state index is -4.24. The lowest BCUT2D eigenvalue weighted by Crippen LogP contribution is -2.61. The number of alkyl halides is 3. The molecule has 0 aliphatic carbocycles. The van der Waals surface area contributed by atoms with Crippen molar-refractivity contribution in [3.05, 3.63) is 48.0 Å². The Labute approximate surface area is 132 Å². The molecule has 2 aromatic rings. The fourth-order valence-electron chi connectivity index (χ4n) is 3.77. The van der Waals surface area contributed by atoms with Crippen molar-refractivity contribution in [1.82, 2.24) is 15.8 Å². The van der Waals surface area contributed by atoms with Crippen molar-refractivity contribution in [3.63, 3.8) is 0 Å². The molecule has 0 bridgehead atoms. The largest absolute Gasteiger partial charge is 0.405 e. The van der Waals surface area contributed by atoms with Gasteiger partial charge in [-0.2, -0.15) is 13.2 Å². The molecular weight excluding hydrogens is 303 g/mol. The van der Waals surface area contributed by atoms with Gasteiger partial charge in [-0.3, -0.25) is 10.7 Å². The molecular formula is C17H18F3N3. The highest BCUT2D eigenvalue weighted by molar-refractivity contribution is 5.86. The van der Waals surface area contributed by atoms with Crippen molar-refractivity contribution >= 4 is 10.8 Å². The fourth-order valence-corrected chi connectivity index (χ4v) is 3.77. The highest BCUT2D eigenvalue weighted by Gasteiger charge is 2.51. The third-order valence-corrected chi connectivity index (χ3v) is 4.81. The van der Waals surface area contributed by atoms with Gasteiger partial charge in [0.1, 0.15) is 6.04 Å². The van der Waals surface area contributed by atoms with Crippen LogP contribution in [-0.4, -0.2) is 29.9 Å². The number of benzene rings is 2. The zero-order valence-corrected chi connectivity index (χ0v) is 12.5. The second kappa shape index (κ2) is 5.47. The Morgan fingerprint density at radius 2 is 1.83 bits per heavy atom. The number of hydrogen-bond donors (Lipinski definition) is 2. The van der Waals surface area contributed by atoms with Gasteiger partial charge < -0.3 is 0 Å². The molecule has 2 N–H and O–H groups in total. The minimum Gasteiger partial charge on any atom is -0.294 e. The average Bonchev–Trinajstić information content (AvgIpc) is 3.00. The number of fused-ring (bicyclic) bond motifs is 2. The molecule has 6 heteroatoms. The molecule has 23 heavy (non-hydrogen) atoms. The second-order valence-corrected chi connectivity index (χ2v) is 6.20. The smallest absolute Gasteiger partial charge is 0.294 e. The van der Waals surface area contributed by atoms with Crippen LogP contribution in [0.25, 0.3) is 10.8 Å². The molecule has 4 rings (SSSR count). The molecule has 2 saturated heterocycles. The molecule has 3 atom stereocenters. The van der Waals surface area contributed by atoms with Crippen molar-refractivity contribution in [1.29, 1.82) is 0 Å². The lowest BCUT2D eigenvalue weighted by molar-refractivity contribution is -0.207. The third-order valence-electron chi connectivity index (χ3n) is 4.81. The molecule has 2 heterocycles. The fraction of sp³-hybridized carbons (Fsp3) is 0.412. The molecule has 0 spiro atoms. The zero-order valence-electron chi connectivity index (χ0n) is 12.5. The summed E-state index contributed by atoms with van der Waals surface area (Å²) in [5, 5.41) is 6.82. The van der Waals surface area contributed by atoms with E-state index in [-0.39, 0.29) is 18.6 Å². The predicted octanol–water partition coefficient (Wildman–Crippen LogP) is 3.34. The van der Waals surface area contributed by atoms with Gasteiger partial charge in [0.05, 0.1) is 6.17 Å². The summed E-state index contributed by atoms with van der Waals surface area (Å²) in [4.78, 5) is 0. The van der Waals surface area contributed by atoms with Gasteiger partial charge in [-0.15, -0.1) is 0 Å². The van der Waals surface area contributed by atoms with Gasteiger partial charge in [-0.1, -0.05) is 42.5 Å². The van der Waals surface area contributed by atoms with Crippen LogP contribution in [-0.2, 0) is 0 Å². The van der Waals surface area contributed by atoms with Crippen molar-refractivity contribution in [3.8, 4) is 0 Å². The molecule has 0 amide bonds. The van der Waals surface area contributed by atoms with Gasteiger partial charge in [0.25, 0.3) is 0 Å². The molecule has 2 aromatic carbocycles. The van der Waals surface area contributed by atoms with E-state index < -0.39 is 12.2 Å². The number of rotatable bonds is 1. The van der Waals surface area contributed by atoms with E-state index in [1.807, 2.05) is 42.5 Å². The first-order valence-electron chi connectivity index (χ1n) is 7.86. The highest BCUT2D eigenvalue weighted by Crippen LogP contribution is 2.39. The van der Waals surface area contributed by atoms with E-state index in [2.05, 4.69) is 10.7 Å². The topological polar surface area (TPSA) is 27.3 Å². The molecule has 3 nitrogen and oxygen atoms in total. The monoisotopic (exact) mass is 321 g/mol. The Bertz CT molecular complexity index is 710. The van der Waals surface area contributed by atoms with Crippen LogP contribution < -0.4 is 10.7 Å². The van der Waals surface area contributed by atoms with Gasteiger partial charge >= 0.3 is 6.18 Å². The lowest BCUT2D eigenvalue weighted by Gasteiger charge is -2.43. The molecule has 2 aliphatic heterocycles. The van der Waals surface area contributed by atoms with Crippen LogP contribution in [0.2, 0.25) is 0 Å². The van der Waals surface area contributed by atoms with Crippen LogP contribution in [0.3, 0.4) is 0 Å². The first-order valence-corrected chi connectivity index (χ1v) is 7.86. The van der Waals surface area contributed by atoms with E-state index in [9.17, 15) is 13.2 Å². The summed E-state index contributed by atoms with van der Waals surface area (Å²) in [7, 11) is 0. The van der Waals surface area contributed by atoms with Crippen LogP contribution in [0.15, 0.2) is 42.5 Å². The van der Waals surface area contributed by atoms with E-state index in [1.165, 1.54) is 5.01 Å². The van der Waals surface area contributed by atoms with Gasteiger partial charge in [-0.25, -0.2) is 5.01 Å². The Morgan fingerprint density at radius 3 is 2.65 bits per heavy atom. The number of hydrogen-bond acceptors (Lipinski definition) is 3. The number of nitrogens with zero attached hydrogens (tertiary/aromatic N) is 1. The van der Waals surface area contributed by atoms with Gasteiger partial charge in [0.15, 0.2) is 0 Å². The Morgan fingerprint density at radius 1 is 1.04 bits per heavy atom. The minimum absolute atomic E-state index is 0.0149. The Balaban J connectivity index is 1.73. The highest BCUT2D eigenvalue weighted by atomic mass is 19.4. The zero-order chi connectivity index (χ0) is 16.0. The van der Waals surface area contributed by atoms with Crippen LogP contribution in [0.4, 0.5) is 13.2 Å². The quantitative estimate of drug-likeness (QED) is 0.843. The maximum Gasteiger partial charge on any atom is 0.405 e. The van der Waals surface area contributed by atoms with Crippen molar-refractivity contribution in [2.24, 2.45) is 0 Å². The van der Waals surface area contributed by atoms with E-state index in [0.29, 0.717) is 13.0 Å². The van der Waals surface area contributed by atoms with E-state index in [1.54, 1.807) is 0 Å².